The third-order valence-electron chi connectivity index (χ3n) is 0. The Labute approximate surface area is 77.4 Å². The fourth-order valence-corrected chi connectivity index (χ4v) is 0. The van der Waals surface area contributed by atoms with Crippen LogP contribution in [0.2, 0.25) is 0 Å². The summed E-state index contributed by atoms with van der Waals surface area (Å²) < 4.78 is 1.00. The van der Waals surface area contributed by atoms with E-state index in [1.165, 1.54) is 0 Å². The second-order valence-corrected chi connectivity index (χ2v) is 3.26. The first-order valence-corrected chi connectivity index (χ1v) is 2.94. The van der Waals surface area contributed by atoms with Crippen LogP contribution >= 0.6 is 0 Å². The molecule has 0 fully saturated rings. The van der Waals surface area contributed by atoms with Crippen molar-refractivity contribution in [2.45, 2.75) is 0 Å². The van der Waals surface area contributed by atoms with Gasteiger partial charge in [-0.1, -0.05) is 0 Å². The summed E-state index contributed by atoms with van der Waals surface area (Å²) in [5.41, 5.74) is 0. The molecule has 4 heteroatoms. The van der Waals surface area contributed by atoms with Gasteiger partial charge in [-0.25, -0.2) is 0 Å². The third-order valence-corrected chi connectivity index (χ3v) is 0. The molecule has 0 unspecified atom stereocenters. The van der Waals surface area contributed by atoms with E-state index in [1.54, 1.807) is 0 Å². The van der Waals surface area contributed by atoms with Gasteiger partial charge in [0.25, 0.3) is 0 Å². The maximum Gasteiger partial charge on any atom is 0.0675 e. The predicted molar refractivity (Wildman–Crippen MR) is 37.7 cm³/mol. The minimum atomic E-state index is 0. The smallest absolute Gasteiger partial charge is 0.0675 e. The van der Waals surface area contributed by atoms with Gasteiger partial charge in [-0.2, -0.15) is 0 Å². The van der Waals surface area contributed by atoms with Crippen LogP contribution in [0.25, 0.3) is 0 Å². The molecule has 0 aromatic carbocycles. The van der Waals surface area contributed by atoms with E-state index in [1.807, 2.05) is 19.4 Å². The molecule has 0 amide bonds. The molecule has 2 N–H and O–H groups in total. The summed E-state index contributed by atoms with van der Waals surface area (Å²) >= 11 is 0. The predicted octanol–water partition coefficient (Wildman–Crippen LogP) is -6.86. The third kappa shape index (κ3) is 1910. The first-order chi connectivity index (χ1) is 3.41. The summed E-state index contributed by atoms with van der Waals surface area (Å²) in [5, 5.41) is 2.00. The second-order valence-electron chi connectivity index (χ2n) is 3.26. The second kappa shape index (κ2) is 12.2. The lowest BCUT2D eigenvalue weighted by Gasteiger charge is -2.14. The van der Waals surface area contributed by atoms with Crippen LogP contribution in [0.3, 0.4) is 0 Å². The topological polar surface area (TPSA) is 16.6 Å². The Bertz CT molecular complexity index is 37.5. The molecule has 0 aromatic heterocycles. The number of rotatable bonds is 0. The van der Waals surface area contributed by atoms with Crippen LogP contribution < -0.4 is 30.1 Å². The number of hydrogen-bond acceptors (Lipinski definition) is 0. The highest BCUT2D eigenvalue weighted by Crippen LogP contribution is 1.73. The van der Waals surface area contributed by atoms with E-state index in [0.29, 0.717) is 0 Å². The molecule has 0 radical (unpaired) electrons. The molecule has 0 saturated carbocycles. The minimum absolute atomic E-state index is 0. The largest absolute Gasteiger partial charge is 1.00 e. The molecular formula is C6H20Cl2N2. The lowest BCUT2D eigenvalue weighted by atomic mass is 10.8. The number of quaternary nitrogens is 2. The zero-order valence-electron chi connectivity index (χ0n) is 7.78. The molecule has 0 aliphatic carbocycles. The summed E-state index contributed by atoms with van der Waals surface area (Å²) in [4.78, 5) is 0. The van der Waals surface area contributed by atoms with E-state index in [4.69, 9.17) is 0 Å². The fraction of sp³-hybridized carbons (Fsp3) is 1.00. The normalized spacial score (nSPS) is 7.80. The van der Waals surface area contributed by atoms with Gasteiger partial charge in [0.05, 0.1) is 42.3 Å². The van der Waals surface area contributed by atoms with Crippen molar-refractivity contribution in [3.05, 3.63) is 0 Å². The molecule has 0 spiro atoms. The van der Waals surface area contributed by atoms with Crippen molar-refractivity contribution in [2.24, 2.45) is 0 Å². The molecule has 0 aromatic rings. The van der Waals surface area contributed by atoms with Crippen molar-refractivity contribution in [1.82, 2.24) is 0 Å². The van der Waals surface area contributed by atoms with Gasteiger partial charge in [-0.3, -0.25) is 0 Å². The van der Waals surface area contributed by atoms with Crippen molar-refractivity contribution in [3.8, 4) is 0 Å². The molecule has 0 saturated heterocycles. The quantitative estimate of drug-likeness (QED) is 0.366. The van der Waals surface area contributed by atoms with E-state index in [2.05, 4.69) is 28.2 Å². The Hall–Kier alpha value is 0.500. The molecule has 0 aliphatic heterocycles. The number of halogens is 2. The highest BCUT2D eigenvalue weighted by atomic mass is 35.5. The lowest BCUT2D eigenvalue weighted by Crippen LogP contribution is -3.00. The monoisotopic (exact) mass is 190 g/mol. The van der Waals surface area contributed by atoms with Crippen LogP contribution in [0.1, 0.15) is 0 Å². The molecule has 0 atom stereocenters. The van der Waals surface area contributed by atoms with Gasteiger partial charge in [0.1, 0.15) is 0 Å². The molecule has 0 heterocycles. The lowest BCUT2D eigenvalue weighted by molar-refractivity contribution is -0.849. The summed E-state index contributed by atoms with van der Waals surface area (Å²) in [5.74, 6) is 0. The van der Waals surface area contributed by atoms with Crippen LogP contribution in [0.5, 0.6) is 0 Å². The first-order valence-electron chi connectivity index (χ1n) is 2.94. The highest BCUT2D eigenvalue weighted by molar-refractivity contribution is 3.87. The Morgan fingerprint density at radius 2 is 0.800 bits per heavy atom. The summed E-state index contributed by atoms with van der Waals surface area (Å²) in [6.07, 6.45) is 0. The SMILES string of the molecule is C[N+](C)(C)C.C[NH2+]C.[Cl-].[Cl-]. The van der Waals surface area contributed by atoms with Crippen LogP contribution in [-0.2, 0) is 0 Å². The fourth-order valence-electron chi connectivity index (χ4n) is 0. The molecule has 68 valence electrons. The Balaban J connectivity index is -0.0000000326. The van der Waals surface area contributed by atoms with Gasteiger partial charge in [-0.05, 0) is 0 Å². The average Bonchev–Trinajstić information content (AvgIpc) is 1.27. The Kier molecular flexibility index (Phi) is 27.4. The highest BCUT2D eigenvalue weighted by Gasteiger charge is 1.88. The van der Waals surface area contributed by atoms with Crippen molar-refractivity contribution >= 4 is 0 Å². The van der Waals surface area contributed by atoms with Crippen molar-refractivity contribution < 1.29 is 34.6 Å². The van der Waals surface area contributed by atoms with E-state index >= 15 is 0 Å². The van der Waals surface area contributed by atoms with E-state index in [-0.39, 0.29) is 24.8 Å². The van der Waals surface area contributed by atoms with E-state index in [9.17, 15) is 0 Å². The van der Waals surface area contributed by atoms with Crippen molar-refractivity contribution in [3.63, 3.8) is 0 Å². The molecule has 10 heavy (non-hydrogen) atoms. The molecule has 0 rings (SSSR count). The number of nitrogens with two attached hydrogens (primary N) is 1. The first kappa shape index (κ1) is 22.4. The van der Waals surface area contributed by atoms with Gasteiger partial charge >= 0.3 is 0 Å². The van der Waals surface area contributed by atoms with Crippen LogP contribution in [-0.4, -0.2) is 46.8 Å². The van der Waals surface area contributed by atoms with Gasteiger partial charge in [-0.15, -0.1) is 0 Å². The summed E-state index contributed by atoms with van der Waals surface area (Å²) in [6.45, 7) is 0. The van der Waals surface area contributed by atoms with E-state index in [0.717, 1.165) is 4.48 Å². The minimum Gasteiger partial charge on any atom is -1.00 e. The zero-order chi connectivity index (χ0) is 7.21. The van der Waals surface area contributed by atoms with E-state index < -0.39 is 0 Å². The van der Waals surface area contributed by atoms with Crippen LogP contribution in [0.4, 0.5) is 0 Å². The summed E-state index contributed by atoms with van der Waals surface area (Å²) in [7, 11) is 12.5. The number of nitrogens with zero attached hydrogens (tertiary/aromatic N) is 1. The zero-order valence-corrected chi connectivity index (χ0v) is 9.29. The maximum atomic E-state index is 2.12. The average molecular weight is 191 g/mol. The number of hydrogen-bond donors (Lipinski definition) is 1. The Morgan fingerprint density at radius 1 is 0.800 bits per heavy atom. The molecule has 2 nitrogen and oxygen atoms in total. The Morgan fingerprint density at radius 3 is 0.800 bits per heavy atom. The molecule has 0 aliphatic rings. The molecular weight excluding hydrogens is 171 g/mol. The van der Waals surface area contributed by atoms with Crippen molar-refractivity contribution in [1.29, 1.82) is 0 Å². The van der Waals surface area contributed by atoms with Gasteiger partial charge < -0.3 is 34.6 Å². The van der Waals surface area contributed by atoms with Crippen LogP contribution in [0.15, 0.2) is 0 Å². The van der Waals surface area contributed by atoms with Crippen LogP contribution in [0, 0.1) is 0 Å². The van der Waals surface area contributed by atoms with Gasteiger partial charge in [0.15, 0.2) is 0 Å². The van der Waals surface area contributed by atoms with Gasteiger partial charge in [0.2, 0.25) is 0 Å². The van der Waals surface area contributed by atoms with Crippen molar-refractivity contribution in [2.75, 3.05) is 42.3 Å². The maximum absolute atomic E-state index is 2.12. The van der Waals surface area contributed by atoms with Gasteiger partial charge in [0, 0.05) is 0 Å². The summed E-state index contributed by atoms with van der Waals surface area (Å²) in [6, 6.07) is 0. The molecule has 0 bridgehead atoms. The standard InChI is InChI=1S/C4H12N.C2H7N.2ClH/c1-5(2,3)4;1-3-2;;/h1-4H3;3H,1-2H3;2*1H/q+1;;;/p-1.